The van der Waals surface area contributed by atoms with Crippen molar-refractivity contribution in [3.8, 4) is 0 Å². The molecular weight excluding hydrogens is 545 g/mol. The first-order chi connectivity index (χ1) is 15.0. The zero-order chi connectivity index (χ0) is 23.4. The fourth-order valence-corrected chi connectivity index (χ4v) is 3.03. The Balaban J connectivity index is 1.85. The minimum Gasteiger partial charge on any atom is -0.355 e. The van der Waals surface area contributed by atoms with E-state index in [1.54, 1.807) is 6.08 Å². The number of benzene rings is 3. The molecule has 0 aliphatic heterocycles. The molecule has 0 saturated heterocycles. The van der Waals surface area contributed by atoms with Crippen LogP contribution in [-0.4, -0.2) is 6.21 Å². The van der Waals surface area contributed by atoms with Gasteiger partial charge in [0.2, 0.25) is 0 Å². The first-order valence-electron chi connectivity index (χ1n) is 9.14. The van der Waals surface area contributed by atoms with Gasteiger partial charge in [-0.05, 0) is 94.9 Å². The zero-order valence-corrected chi connectivity index (χ0v) is 18.3. The molecule has 0 aromatic heterocycles. The minimum atomic E-state index is -4.43. The Kier molecular flexibility index (Phi) is 7.27. The Morgan fingerprint density at radius 1 is 0.719 bits per heavy atom. The fraction of sp³-hybridized carbons (Fsp3) is 0.0870. The first-order valence-corrected chi connectivity index (χ1v) is 10.2. The number of nitrogens with one attached hydrogen (secondary N) is 1. The molecule has 0 bridgehead atoms. The van der Waals surface area contributed by atoms with E-state index in [4.69, 9.17) is 0 Å². The van der Waals surface area contributed by atoms with Crippen molar-refractivity contribution in [1.29, 1.82) is 0 Å². The van der Waals surface area contributed by atoms with Crippen molar-refractivity contribution in [2.45, 2.75) is 12.4 Å². The smallest absolute Gasteiger partial charge is 0.355 e. The molecule has 0 saturated carbocycles. The van der Waals surface area contributed by atoms with Gasteiger partial charge >= 0.3 is 12.4 Å². The Hall–Kier alpha value is -2.82. The predicted molar refractivity (Wildman–Crippen MR) is 122 cm³/mol. The van der Waals surface area contributed by atoms with Crippen LogP contribution in [0.3, 0.4) is 0 Å². The van der Waals surface area contributed by atoms with Crippen LogP contribution >= 0.6 is 22.6 Å². The number of alkyl halides is 6. The topological polar surface area (TPSA) is 24.4 Å². The van der Waals surface area contributed by atoms with Crippen molar-refractivity contribution in [2.75, 3.05) is 5.32 Å². The molecule has 0 radical (unpaired) electrons. The molecule has 3 rings (SSSR count). The van der Waals surface area contributed by atoms with Crippen molar-refractivity contribution in [3.05, 3.63) is 99.1 Å². The molecule has 3 aromatic rings. The van der Waals surface area contributed by atoms with E-state index in [0.29, 0.717) is 17.1 Å². The molecule has 0 aliphatic carbocycles. The van der Waals surface area contributed by atoms with E-state index in [-0.39, 0.29) is 0 Å². The minimum absolute atomic E-state index is 0.325. The summed E-state index contributed by atoms with van der Waals surface area (Å²) in [6.07, 6.45) is -5.85. The second-order valence-corrected chi connectivity index (χ2v) is 7.86. The highest BCUT2D eigenvalue weighted by Crippen LogP contribution is 2.31. The highest BCUT2D eigenvalue weighted by Gasteiger charge is 2.30. The van der Waals surface area contributed by atoms with E-state index in [1.807, 2.05) is 24.3 Å². The molecule has 0 aliphatic rings. The Morgan fingerprint density at radius 3 is 1.72 bits per heavy atom. The lowest BCUT2D eigenvalue weighted by molar-refractivity contribution is -0.138. The van der Waals surface area contributed by atoms with Crippen LogP contribution < -0.4 is 5.32 Å². The summed E-state index contributed by atoms with van der Waals surface area (Å²) in [5.74, 6) is 0. The summed E-state index contributed by atoms with van der Waals surface area (Å²) in [5, 5.41) is 3.06. The zero-order valence-electron chi connectivity index (χ0n) is 16.2. The van der Waals surface area contributed by atoms with Gasteiger partial charge in [0.1, 0.15) is 0 Å². The molecule has 3 aromatic carbocycles. The summed E-state index contributed by atoms with van der Waals surface area (Å²) in [6, 6.07) is 16.4. The third-order valence-electron chi connectivity index (χ3n) is 4.31. The van der Waals surface area contributed by atoms with E-state index in [1.165, 1.54) is 30.5 Å². The number of hydrogen-bond acceptors (Lipinski definition) is 2. The van der Waals surface area contributed by atoms with Crippen molar-refractivity contribution in [1.82, 2.24) is 0 Å². The number of aliphatic imine (C=N–C) groups is 1. The quantitative estimate of drug-likeness (QED) is 0.190. The molecule has 9 heteroatoms. The Morgan fingerprint density at radius 2 is 1.22 bits per heavy atom. The summed E-state index contributed by atoms with van der Waals surface area (Å²) < 4.78 is 77.4. The average molecular weight is 560 g/mol. The van der Waals surface area contributed by atoms with Gasteiger partial charge in [-0.2, -0.15) is 26.3 Å². The van der Waals surface area contributed by atoms with Crippen LogP contribution in [0.1, 0.15) is 16.7 Å². The van der Waals surface area contributed by atoms with E-state index < -0.39 is 23.5 Å². The van der Waals surface area contributed by atoms with Crippen LogP contribution in [-0.2, 0) is 12.4 Å². The van der Waals surface area contributed by atoms with Crippen LogP contribution in [0.5, 0.6) is 0 Å². The maximum absolute atomic E-state index is 12.8. The Labute approximate surface area is 193 Å². The van der Waals surface area contributed by atoms with E-state index in [2.05, 4.69) is 32.9 Å². The summed E-state index contributed by atoms with van der Waals surface area (Å²) in [4.78, 5) is 4.14. The molecule has 2 nitrogen and oxygen atoms in total. The monoisotopic (exact) mass is 560 g/mol. The summed E-state index contributed by atoms with van der Waals surface area (Å²) >= 11 is 2.15. The third-order valence-corrected chi connectivity index (χ3v) is 5.03. The van der Waals surface area contributed by atoms with Crippen molar-refractivity contribution >= 4 is 45.9 Å². The largest absolute Gasteiger partial charge is 0.416 e. The second-order valence-electron chi connectivity index (χ2n) is 6.61. The third kappa shape index (κ3) is 6.59. The molecule has 0 heterocycles. The fourth-order valence-electron chi connectivity index (χ4n) is 2.67. The van der Waals surface area contributed by atoms with Crippen LogP contribution in [0.2, 0.25) is 0 Å². The van der Waals surface area contributed by atoms with Gasteiger partial charge in [0.15, 0.2) is 0 Å². The van der Waals surface area contributed by atoms with Crippen molar-refractivity contribution in [3.63, 3.8) is 0 Å². The van der Waals surface area contributed by atoms with Crippen molar-refractivity contribution in [2.24, 2.45) is 4.99 Å². The number of hydrogen-bond donors (Lipinski definition) is 1. The highest BCUT2D eigenvalue weighted by atomic mass is 127. The maximum atomic E-state index is 12.8. The van der Waals surface area contributed by atoms with Gasteiger partial charge in [-0.1, -0.05) is 12.1 Å². The molecule has 0 amide bonds. The maximum Gasteiger partial charge on any atom is 0.416 e. The van der Waals surface area contributed by atoms with Gasteiger partial charge < -0.3 is 5.32 Å². The number of halogens is 7. The number of allylic oxidation sites excluding steroid dienone is 1. The van der Waals surface area contributed by atoms with E-state index >= 15 is 0 Å². The Bertz CT molecular complexity index is 1100. The van der Waals surface area contributed by atoms with Gasteiger partial charge in [-0.3, -0.25) is 4.99 Å². The van der Waals surface area contributed by atoms with E-state index in [0.717, 1.165) is 33.4 Å². The molecule has 0 unspecified atom stereocenters. The second kappa shape index (κ2) is 9.76. The number of anilines is 1. The van der Waals surface area contributed by atoms with Crippen LogP contribution in [0.4, 0.5) is 37.7 Å². The lowest BCUT2D eigenvalue weighted by atomic mass is 10.1. The lowest BCUT2D eigenvalue weighted by Gasteiger charge is -2.13. The number of nitrogens with zero attached hydrogens (tertiary/aromatic N) is 1. The summed E-state index contributed by atoms with van der Waals surface area (Å²) in [5.41, 5.74) is 0.541. The molecule has 0 spiro atoms. The summed E-state index contributed by atoms with van der Waals surface area (Å²) in [6.45, 7) is 0. The van der Waals surface area contributed by atoms with E-state index in [9.17, 15) is 26.3 Å². The van der Waals surface area contributed by atoms with Gasteiger partial charge in [0.05, 0.1) is 16.8 Å². The summed E-state index contributed by atoms with van der Waals surface area (Å²) in [7, 11) is 0. The molecule has 0 atom stereocenters. The first kappa shape index (κ1) is 23.8. The van der Waals surface area contributed by atoms with Crippen molar-refractivity contribution < 1.29 is 26.3 Å². The predicted octanol–water partition coefficient (Wildman–Crippen LogP) is 8.18. The molecule has 0 fully saturated rings. The van der Waals surface area contributed by atoms with Gasteiger partial charge in [-0.15, -0.1) is 0 Å². The van der Waals surface area contributed by atoms with Crippen LogP contribution in [0, 0.1) is 3.57 Å². The van der Waals surface area contributed by atoms with Gasteiger partial charge in [0, 0.05) is 21.2 Å². The lowest BCUT2D eigenvalue weighted by Crippen LogP contribution is -2.05. The van der Waals surface area contributed by atoms with Crippen LogP contribution in [0.15, 0.2) is 83.9 Å². The molecular formula is C23H15F6IN2. The SMILES string of the molecule is FC(F)(F)c1ccc(N=C/C=C(/Nc2ccc(C(F)(F)F)cc2)c2ccc(I)cc2)cc1. The molecule has 166 valence electrons. The molecule has 32 heavy (non-hydrogen) atoms. The molecule has 1 N–H and O–H groups in total. The number of rotatable bonds is 5. The average Bonchev–Trinajstić information content (AvgIpc) is 2.73. The highest BCUT2D eigenvalue weighted by molar-refractivity contribution is 14.1. The van der Waals surface area contributed by atoms with Gasteiger partial charge in [0.25, 0.3) is 0 Å². The van der Waals surface area contributed by atoms with Gasteiger partial charge in [-0.25, -0.2) is 0 Å². The van der Waals surface area contributed by atoms with Crippen LogP contribution in [0.25, 0.3) is 5.70 Å². The normalized spacial score (nSPS) is 12.9. The standard InChI is InChI=1S/C23H15F6IN2/c24-22(25,26)16-3-9-19(10-4-16)31-14-13-21(15-1-7-18(30)8-2-15)32-20-11-5-17(6-12-20)23(27,28)29/h1-14,32H/b21-13+,31-14?.